The highest BCUT2D eigenvalue weighted by molar-refractivity contribution is 5.02. The van der Waals surface area contributed by atoms with Crippen LogP contribution in [0.25, 0.3) is 0 Å². The minimum Gasteiger partial charge on any atom is -0.396 e. The summed E-state index contributed by atoms with van der Waals surface area (Å²) in [5, 5.41) is 31.5. The number of methoxy groups -OCH3 is 1. The number of ether oxygens (including phenoxy) is 1. The first-order valence-electron chi connectivity index (χ1n) is 13.3. The van der Waals surface area contributed by atoms with E-state index < -0.39 is 0 Å². The van der Waals surface area contributed by atoms with E-state index in [1.807, 2.05) is 0 Å². The minimum absolute atomic E-state index is 0.0219. The Kier molecular flexibility index (Phi) is 11.2. The van der Waals surface area contributed by atoms with Gasteiger partial charge in [-0.1, -0.05) is 51.7 Å². The van der Waals surface area contributed by atoms with Gasteiger partial charge >= 0.3 is 0 Å². The Balaban J connectivity index is 1.83. The first kappa shape index (κ1) is 27.8. The summed E-state index contributed by atoms with van der Waals surface area (Å²) in [4.78, 5) is 0. The summed E-state index contributed by atoms with van der Waals surface area (Å²) >= 11 is 0. The lowest BCUT2D eigenvalue weighted by atomic mass is 9.73. The van der Waals surface area contributed by atoms with Crippen LogP contribution in [0.5, 0.6) is 0 Å². The number of aliphatic hydroxyl groups excluding tert-OH is 3. The van der Waals surface area contributed by atoms with Crippen molar-refractivity contribution in [3.8, 4) is 0 Å². The summed E-state index contributed by atoms with van der Waals surface area (Å²) in [6, 6.07) is 0. The Morgan fingerprint density at radius 3 is 1.69 bits per heavy atom. The highest BCUT2D eigenvalue weighted by atomic mass is 16.5. The Morgan fingerprint density at radius 1 is 0.781 bits per heavy atom. The minimum atomic E-state index is -0.273. The molecule has 0 aliphatic heterocycles. The quantitative estimate of drug-likeness (QED) is 0.323. The van der Waals surface area contributed by atoms with Gasteiger partial charge in [-0.2, -0.15) is 0 Å². The van der Waals surface area contributed by atoms with Crippen LogP contribution in [0.15, 0.2) is 12.2 Å². The zero-order chi connectivity index (χ0) is 23.8. The number of hydrogen-bond donors (Lipinski definition) is 3. The third-order valence-corrected chi connectivity index (χ3v) is 8.44. The van der Waals surface area contributed by atoms with Crippen LogP contribution in [0, 0.1) is 29.1 Å². The van der Waals surface area contributed by atoms with Crippen molar-refractivity contribution in [3.63, 3.8) is 0 Å². The largest absolute Gasteiger partial charge is 0.396 e. The molecular weight excluding hydrogens is 400 g/mol. The van der Waals surface area contributed by atoms with Gasteiger partial charge < -0.3 is 20.1 Å². The van der Waals surface area contributed by atoms with Crippen LogP contribution in [0.3, 0.4) is 0 Å². The SMILES string of the molecule is COC(C)(C)CCCC1CCCC(/C=C\C2CCCC(CCCC(C)(C)CO)C2O)C1O. The molecule has 0 saturated heterocycles. The molecule has 6 unspecified atom stereocenters. The van der Waals surface area contributed by atoms with Crippen molar-refractivity contribution in [2.24, 2.45) is 29.1 Å². The average molecular weight is 453 g/mol. The molecule has 0 aromatic heterocycles. The lowest BCUT2D eigenvalue weighted by molar-refractivity contribution is 0.00286. The van der Waals surface area contributed by atoms with Gasteiger partial charge in [0.1, 0.15) is 0 Å². The van der Waals surface area contributed by atoms with Gasteiger partial charge in [0, 0.05) is 25.6 Å². The monoisotopic (exact) mass is 452 g/mol. The molecule has 4 heteroatoms. The zero-order valence-corrected chi connectivity index (χ0v) is 21.6. The molecule has 0 bridgehead atoms. The Labute approximate surface area is 197 Å². The van der Waals surface area contributed by atoms with Gasteiger partial charge in [-0.3, -0.25) is 0 Å². The van der Waals surface area contributed by atoms with Gasteiger partial charge in [0.2, 0.25) is 0 Å². The summed E-state index contributed by atoms with van der Waals surface area (Å²) in [6.07, 6.45) is 16.9. The second-order valence-electron chi connectivity index (χ2n) is 12.1. The van der Waals surface area contributed by atoms with Gasteiger partial charge in [0.15, 0.2) is 0 Å². The topological polar surface area (TPSA) is 69.9 Å². The van der Waals surface area contributed by atoms with E-state index in [4.69, 9.17) is 4.74 Å². The van der Waals surface area contributed by atoms with Gasteiger partial charge in [-0.05, 0) is 82.5 Å². The van der Waals surface area contributed by atoms with Crippen LogP contribution in [0.2, 0.25) is 0 Å². The fourth-order valence-corrected chi connectivity index (χ4v) is 5.76. The lowest BCUT2D eigenvalue weighted by Crippen LogP contribution is -2.34. The second-order valence-corrected chi connectivity index (χ2v) is 12.1. The molecule has 0 heterocycles. The molecule has 6 atom stereocenters. The fraction of sp³-hybridized carbons (Fsp3) is 0.929. The standard InChI is InChI=1S/C28H52O4/c1-27(2,20-29)18-8-14-21-10-6-12-23(25(21)30)16-17-24-13-7-11-22(26(24)31)15-9-19-28(3,4)32-5/h16-17,21-26,29-31H,6-15,18-20H2,1-5H3/b17-16-. The second kappa shape index (κ2) is 12.9. The molecule has 0 amide bonds. The van der Waals surface area contributed by atoms with Crippen molar-refractivity contribution in [2.75, 3.05) is 13.7 Å². The predicted octanol–water partition coefficient (Wildman–Crippen LogP) is 5.88. The van der Waals surface area contributed by atoms with Gasteiger partial charge in [0.05, 0.1) is 17.8 Å². The van der Waals surface area contributed by atoms with E-state index >= 15 is 0 Å². The van der Waals surface area contributed by atoms with Crippen molar-refractivity contribution < 1.29 is 20.1 Å². The van der Waals surface area contributed by atoms with Crippen molar-refractivity contribution in [1.82, 2.24) is 0 Å². The van der Waals surface area contributed by atoms with Crippen LogP contribution in [-0.2, 0) is 4.74 Å². The number of rotatable bonds is 12. The maximum atomic E-state index is 11.0. The molecule has 4 nitrogen and oxygen atoms in total. The van der Waals surface area contributed by atoms with Gasteiger partial charge in [-0.25, -0.2) is 0 Å². The first-order chi connectivity index (χ1) is 15.1. The molecule has 188 valence electrons. The fourth-order valence-electron chi connectivity index (χ4n) is 5.76. The average Bonchev–Trinajstić information content (AvgIpc) is 2.76. The molecule has 0 spiro atoms. The maximum Gasteiger partial charge on any atom is 0.0630 e. The van der Waals surface area contributed by atoms with Crippen LogP contribution in [-0.4, -0.2) is 46.8 Å². The summed E-state index contributed by atoms with van der Waals surface area (Å²) in [5.74, 6) is 1.18. The summed E-state index contributed by atoms with van der Waals surface area (Å²) in [5.41, 5.74) is -0.105. The normalized spacial score (nSPS) is 32.5. The molecule has 2 fully saturated rings. The summed E-state index contributed by atoms with van der Waals surface area (Å²) < 4.78 is 5.54. The van der Waals surface area contributed by atoms with Crippen molar-refractivity contribution >= 4 is 0 Å². The molecule has 2 saturated carbocycles. The number of hydrogen-bond acceptors (Lipinski definition) is 4. The van der Waals surface area contributed by atoms with Gasteiger partial charge in [0.25, 0.3) is 0 Å². The van der Waals surface area contributed by atoms with E-state index in [2.05, 4.69) is 39.8 Å². The summed E-state index contributed by atoms with van der Waals surface area (Å²) in [6.45, 7) is 8.70. The van der Waals surface area contributed by atoms with E-state index in [0.717, 1.165) is 64.2 Å². The van der Waals surface area contributed by atoms with Gasteiger partial charge in [-0.15, -0.1) is 0 Å². The van der Waals surface area contributed by atoms with E-state index in [1.165, 1.54) is 12.8 Å². The van der Waals surface area contributed by atoms with Crippen LogP contribution in [0.4, 0.5) is 0 Å². The van der Waals surface area contributed by atoms with Crippen molar-refractivity contribution in [2.45, 2.75) is 123 Å². The Hall–Kier alpha value is -0.420. The van der Waals surface area contributed by atoms with E-state index in [0.29, 0.717) is 11.8 Å². The molecule has 2 rings (SSSR count). The van der Waals surface area contributed by atoms with E-state index in [-0.39, 0.29) is 41.7 Å². The van der Waals surface area contributed by atoms with Crippen LogP contribution in [0.1, 0.15) is 105 Å². The number of aliphatic hydroxyl groups is 3. The van der Waals surface area contributed by atoms with E-state index in [9.17, 15) is 15.3 Å². The van der Waals surface area contributed by atoms with Crippen LogP contribution < -0.4 is 0 Å². The van der Waals surface area contributed by atoms with Crippen LogP contribution >= 0.6 is 0 Å². The third kappa shape index (κ3) is 8.74. The third-order valence-electron chi connectivity index (χ3n) is 8.44. The summed E-state index contributed by atoms with van der Waals surface area (Å²) in [7, 11) is 1.77. The first-order valence-corrected chi connectivity index (χ1v) is 13.3. The molecule has 32 heavy (non-hydrogen) atoms. The predicted molar refractivity (Wildman–Crippen MR) is 132 cm³/mol. The molecule has 3 N–H and O–H groups in total. The molecule has 0 radical (unpaired) electrons. The van der Waals surface area contributed by atoms with Crippen molar-refractivity contribution in [3.05, 3.63) is 12.2 Å². The smallest absolute Gasteiger partial charge is 0.0630 e. The Bertz CT molecular complexity index is 508. The maximum absolute atomic E-state index is 11.0. The molecule has 2 aliphatic carbocycles. The molecule has 2 aliphatic rings. The van der Waals surface area contributed by atoms with E-state index in [1.54, 1.807) is 7.11 Å². The highest BCUT2D eigenvalue weighted by Gasteiger charge is 2.33. The van der Waals surface area contributed by atoms with Crippen molar-refractivity contribution in [1.29, 1.82) is 0 Å². The Morgan fingerprint density at radius 2 is 1.25 bits per heavy atom. The molecule has 0 aromatic carbocycles. The molecular formula is C28H52O4. The highest BCUT2D eigenvalue weighted by Crippen LogP contribution is 2.37. The molecule has 0 aromatic rings. The zero-order valence-electron chi connectivity index (χ0n) is 21.6. The lowest BCUT2D eigenvalue weighted by Gasteiger charge is -2.36.